The summed E-state index contributed by atoms with van der Waals surface area (Å²) in [5.41, 5.74) is 3.21. The fourth-order valence-corrected chi connectivity index (χ4v) is 2.89. The zero-order chi connectivity index (χ0) is 13.9. The number of nitrogens with one attached hydrogen (secondary N) is 1. The minimum Gasteiger partial charge on any atom is -0.381 e. The minimum atomic E-state index is 0.727. The van der Waals surface area contributed by atoms with E-state index < -0.39 is 0 Å². The Balaban J connectivity index is 1.90. The molecule has 1 N–H and O–H groups in total. The topological polar surface area (TPSA) is 24.9 Å². The molecule has 0 spiro atoms. The van der Waals surface area contributed by atoms with Gasteiger partial charge in [-0.25, -0.2) is 0 Å². The highest BCUT2D eigenvalue weighted by Gasteiger charge is 2.05. The van der Waals surface area contributed by atoms with Gasteiger partial charge in [0.15, 0.2) is 0 Å². The molecule has 100 valence electrons. The van der Waals surface area contributed by atoms with Gasteiger partial charge in [-0.3, -0.25) is 4.98 Å². The molecule has 0 saturated heterocycles. The molecule has 0 saturated carbocycles. The zero-order valence-corrected chi connectivity index (χ0v) is 13.5. The summed E-state index contributed by atoms with van der Waals surface area (Å²) >= 11 is 8.51. The molecular weight excluding hydrogens is 383 g/mol. The van der Waals surface area contributed by atoms with Crippen molar-refractivity contribution >= 4 is 50.8 Å². The third kappa shape index (κ3) is 2.88. The Hall–Kier alpha value is -1.33. The standard InChI is InChI=1S/C16H12ClIN2/c17-15-7-6-11(16-14(15)5-2-8-19-16)10-20-13-4-1-3-12(18)9-13/h1-9,20H,10H2. The molecule has 20 heavy (non-hydrogen) atoms. The number of nitrogens with zero attached hydrogens (tertiary/aromatic N) is 1. The largest absolute Gasteiger partial charge is 0.381 e. The summed E-state index contributed by atoms with van der Waals surface area (Å²) in [7, 11) is 0. The van der Waals surface area contributed by atoms with Crippen molar-refractivity contribution in [2.24, 2.45) is 0 Å². The van der Waals surface area contributed by atoms with Crippen LogP contribution in [-0.2, 0) is 6.54 Å². The van der Waals surface area contributed by atoms with Crippen LogP contribution in [0.4, 0.5) is 5.69 Å². The Kier molecular flexibility index (Phi) is 4.08. The molecule has 2 nitrogen and oxygen atoms in total. The van der Waals surface area contributed by atoms with Gasteiger partial charge in [0.2, 0.25) is 0 Å². The van der Waals surface area contributed by atoms with Crippen molar-refractivity contribution in [3.05, 3.63) is 68.9 Å². The van der Waals surface area contributed by atoms with Gasteiger partial charge in [-0.05, 0) is 64.6 Å². The summed E-state index contributed by atoms with van der Waals surface area (Å²) in [5, 5.41) is 5.16. The first-order valence-electron chi connectivity index (χ1n) is 6.25. The Morgan fingerprint density at radius 3 is 2.85 bits per heavy atom. The lowest BCUT2D eigenvalue weighted by Crippen LogP contribution is -2.01. The number of benzene rings is 2. The second kappa shape index (κ2) is 5.97. The molecule has 0 bridgehead atoms. The Bertz CT molecular complexity index is 758. The van der Waals surface area contributed by atoms with E-state index in [4.69, 9.17) is 11.6 Å². The molecule has 3 rings (SSSR count). The lowest BCUT2D eigenvalue weighted by atomic mass is 10.1. The first-order chi connectivity index (χ1) is 9.74. The number of anilines is 1. The number of pyridine rings is 1. The van der Waals surface area contributed by atoms with Crippen LogP contribution in [0, 0.1) is 3.57 Å². The van der Waals surface area contributed by atoms with Crippen molar-refractivity contribution in [1.29, 1.82) is 0 Å². The van der Waals surface area contributed by atoms with Crippen molar-refractivity contribution in [3.8, 4) is 0 Å². The van der Waals surface area contributed by atoms with Crippen LogP contribution >= 0.6 is 34.2 Å². The smallest absolute Gasteiger partial charge is 0.0766 e. The summed E-state index contributed by atoms with van der Waals surface area (Å²) in [6.45, 7) is 0.727. The maximum absolute atomic E-state index is 6.21. The van der Waals surface area contributed by atoms with Gasteiger partial charge in [0.25, 0.3) is 0 Å². The highest BCUT2D eigenvalue weighted by atomic mass is 127. The third-order valence-corrected chi connectivity index (χ3v) is 4.11. The van der Waals surface area contributed by atoms with Crippen LogP contribution in [-0.4, -0.2) is 4.98 Å². The second-order valence-corrected chi connectivity index (χ2v) is 6.12. The SMILES string of the molecule is Clc1ccc(CNc2cccc(I)c2)c2ncccc12. The van der Waals surface area contributed by atoms with E-state index in [2.05, 4.69) is 51.1 Å². The molecule has 0 atom stereocenters. The molecule has 0 fully saturated rings. The maximum atomic E-state index is 6.21. The molecular formula is C16H12ClIN2. The number of hydrogen-bond acceptors (Lipinski definition) is 2. The summed E-state index contributed by atoms with van der Waals surface area (Å²) in [6.07, 6.45) is 1.80. The molecule has 0 aliphatic carbocycles. The predicted octanol–water partition coefficient (Wildman–Crippen LogP) is 5.10. The van der Waals surface area contributed by atoms with Gasteiger partial charge >= 0.3 is 0 Å². The van der Waals surface area contributed by atoms with Gasteiger partial charge in [0.05, 0.1) is 5.52 Å². The molecule has 3 aromatic rings. The van der Waals surface area contributed by atoms with Crippen LogP contribution in [0.1, 0.15) is 5.56 Å². The van der Waals surface area contributed by atoms with Gasteiger partial charge in [0, 0.05) is 32.4 Å². The molecule has 0 aliphatic rings. The lowest BCUT2D eigenvalue weighted by molar-refractivity contribution is 1.15. The van der Waals surface area contributed by atoms with E-state index in [1.54, 1.807) is 6.20 Å². The predicted molar refractivity (Wildman–Crippen MR) is 93.2 cm³/mol. The number of fused-ring (bicyclic) bond motifs is 1. The van der Waals surface area contributed by atoms with Crippen molar-refractivity contribution < 1.29 is 0 Å². The number of hydrogen-bond donors (Lipinski definition) is 1. The quantitative estimate of drug-likeness (QED) is 0.625. The van der Waals surface area contributed by atoms with Gasteiger partial charge < -0.3 is 5.32 Å². The number of rotatable bonds is 3. The fraction of sp³-hybridized carbons (Fsp3) is 0.0625. The molecule has 2 aromatic carbocycles. The van der Waals surface area contributed by atoms with E-state index in [1.807, 2.05) is 30.3 Å². The summed E-state index contributed by atoms with van der Waals surface area (Å²) < 4.78 is 1.21. The van der Waals surface area contributed by atoms with Crippen LogP contribution in [0.15, 0.2) is 54.7 Å². The monoisotopic (exact) mass is 394 g/mol. The Morgan fingerprint density at radius 1 is 1.10 bits per heavy atom. The van der Waals surface area contributed by atoms with Crippen molar-refractivity contribution in [3.63, 3.8) is 0 Å². The summed E-state index contributed by atoms with van der Waals surface area (Å²) in [5.74, 6) is 0. The fourth-order valence-electron chi connectivity index (χ4n) is 2.13. The van der Waals surface area contributed by atoms with Crippen LogP contribution in [0.3, 0.4) is 0 Å². The molecule has 1 aromatic heterocycles. The third-order valence-electron chi connectivity index (χ3n) is 3.11. The van der Waals surface area contributed by atoms with Gasteiger partial charge in [0.1, 0.15) is 0 Å². The van der Waals surface area contributed by atoms with E-state index in [0.717, 1.165) is 33.7 Å². The molecule has 0 unspecified atom stereocenters. The maximum Gasteiger partial charge on any atom is 0.0766 e. The summed E-state index contributed by atoms with van der Waals surface area (Å²) in [6, 6.07) is 16.2. The average molecular weight is 395 g/mol. The summed E-state index contributed by atoms with van der Waals surface area (Å²) in [4.78, 5) is 4.45. The van der Waals surface area contributed by atoms with Gasteiger partial charge in [-0.1, -0.05) is 23.7 Å². The van der Waals surface area contributed by atoms with Gasteiger partial charge in [-0.15, -0.1) is 0 Å². The number of aromatic nitrogens is 1. The minimum absolute atomic E-state index is 0.727. The zero-order valence-electron chi connectivity index (χ0n) is 10.6. The molecule has 4 heteroatoms. The molecule has 0 radical (unpaired) electrons. The van der Waals surface area contributed by atoms with Crippen LogP contribution < -0.4 is 5.32 Å². The van der Waals surface area contributed by atoms with E-state index in [9.17, 15) is 0 Å². The first-order valence-corrected chi connectivity index (χ1v) is 7.71. The van der Waals surface area contributed by atoms with Crippen LogP contribution in [0.5, 0.6) is 0 Å². The first kappa shape index (κ1) is 13.6. The Morgan fingerprint density at radius 2 is 2.00 bits per heavy atom. The molecule has 0 aliphatic heterocycles. The second-order valence-electron chi connectivity index (χ2n) is 4.47. The van der Waals surface area contributed by atoms with E-state index in [0.29, 0.717) is 0 Å². The van der Waals surface area contributed by atoms with E-state index >= 15 is 0 Å². The van der Waals surface area contributed by atoms with Crippen LogP contribution in [0.25, 0.3) is 10.9 Å². The van der Waals surface area contributed by atoms with Crippen molar-refractivity contribution in [1.82, 2.24) is 4.98 Å². The normalized spacial score (nSPS) is 10.7. The highest BCUT2D eigenvalue weighted by molar-refractivity contribution is 14.1. The molecule has 0 amide bonds. The Labute approximate surface area is 136 Å². The average Bonchev–Trinajstić information content (AvgIpc) is 2.47. The van der Waals surface area contributed by atoms with E-state index in [-0.39, 0.29) is 0 Å². The lowest BCUT2D eigenvalue weighted by Gasteiger charge is -2.10. The van der Waals surface area contributed by atoms with Crippen LogP contribution in [0.2, 0.25) is 5.02 Å². The van der Waals surface area contributed by atoms with Crippen molar-refractivity contribution in [2.45, 2.75) is 6.54 Å². The van der Waals surface area contributed by atoms with E-state index in [1.165, 1.54) is 3.57 Å². The van der Waals surface area contributed by atoms with Crippen molar-refractivity contribution in [2.75, 3.05) is 5.32 Å². The number of halogens is 2. The molecule has 1 heterocycles. The van der Waals surface area contributed by atoms with Gasteiger partial charge in [-0.2, -0.15) is 0 Å². The highest BCUT2D eigenvalue weighted by Crippen LogP contribution is 2.25.